The molecule has 1 saturated heterocycles. The van der Waals surface area contributed by atoms with Gasteiger partial charge in [-0.25, -0.2) is 9.97 Å². The van der Waals surface area contributed by atoms with Gasteiger partial charge in [0.25, 0.3) is 0 Å². The van der Waals surface area contributed by atoms with Gasteiger partial charge in [0.2, 0.25) is 5.91 Å². The summed E-state index contributed by atoms with van der Waals surface area (Å²) in [7, 11) is 0. The van der Waals surface area contributed by atoms with E-state index in [0.717, 1.165) is 23.8 Å². The van der Waals surface area contributed by atoms with E-state index < -0.39 is 0 Å². The number of nitrogens with zero attached hydrogens (tertiary/aromatic N) is 2. The summed E-state index contributed by atoms with van der Waals surface area (Å²) >= 11 is 1.58. The molecule has 0 spiro atoms. The monoisotopic (exact) mass is 238 g/mol. The van der Waals surface area contributed by atoms with E-state index in [2.05, 4.69) is 20.6 Å². The molecule has 1 amide bonds. The van der Waals surface area contributed by atoms with Gasteiger partial charge < -0.3 is 10.6 Å². The Hall–Kier alpha value is -1.30. The predicted molar refractivity (Wildman–Crippen MR) is 63.5 cm³/mol. The summed E-state index contributed by atoms with van der Waals surface area (Å²) in [5, 5.41) is 7.04. The molecule has 16 heavy (non-hydrogen) atoms. The normalized spacial score (nSPS) is 19.6. The molecular weight excluding hydrogens is 224 g/mol. The number of anilines is 1. The fourth-order valence-electron chi connectivity index (χ4n) is 1.61. The number of nitrogens with one attached hydrogen (secondary N) is 2. The molecule has 0 bridgehead atoms. The van der Waals surface area contributed by atoms with E-state index in [1.54, 1.807) is 18.1 Å². The maximum Gasteiger partial charge on any atom is 0.220 e. The third-order valence-corrected chi connectivity index (χ3v) is 3.11. The molecule has 1 atom stereocenters. The lowest BCUT2D eigenvalue weighted by atomic mass is 10.2. The first-order chi connectivity index (χ1) is 7.78. The van der Waals surface area contributed by atoms with Gasteiger partial charge in [-0.05, 0) is 12.7 Å². The third-order valence-electron chi connectivity index (χ3n) is 2.47. The average molecular weight is 238 g/mol. The molecule has 0 aromatic carbocycles. The van der Waals surface area contributed by atoms with Gasteiger partial charge in [-0.15, -0.1) is 11.8 Å². The van der Waals surface area contributed by atoms with Crippen LogP contribution in [-0.2, 0) is 4.79 Å². The third kappa shape index (κ3) is 2.85. The molecule has 1 aromatic rings. The van der Waals surface area contributed by atoms with E-state index in [1.807, 2.05) is 12.3 Å². The van der Waals surface area contributed by atoms with Crippen molar-refractivity contribution in [2.45, 2.75) is 23.9 Å². The van der Waals surface area contributed by atoms with Crippen LogP contribution in [0.2, 0.25) is 0 Å². The smallest absolute Gasteiger partial charge is 0.220 e. The van der Waals surface area contributed by atoms with E-state index in [-0.39, 0.29) is 11.9 Å². The molecule has 1 unspecified atom stereocenters. The Balaban J connectivity index is 1.87. The molecule has 1 aliphatic rings. The number of aromatic nitrogens is 2. The second kappa shape index (κ2) is 5.16. The maximum absolute atomic E-state index is 11.0. The zero-order valence-corrected chi connectivity index (χ0v) is 9.88. The molecular formula is C10H14N4OS. The lowest BCUT2D eigenvalue weighted by molar-refractivity contribution is -0.119. The Bertz CT molecular complexity index is 385. The topological polar surface area (TPSA) is 66.9 Å². The van der Waals surface area contributed by atoms with E-state index in [1.165, 1.54) is 0 Å². The highest BCUT2D eigenvalue weighted by Crippen LogP contribution is 2.14. The number of carbonyl (C=O) groups is 1. The van der Waals surface area contributed by atoms with Crippen molar-refractivity contribution in [1.29, 1.82) is 0 Å². The standard InChI is InChI=1S/C10H14N4OS/c1-16-10-4-8(12-6-13-10)11-5-7-2-3-9(15)14-7/h4,6-7H,2-3,5H2,1H3,(H,14,15)(H,11,12,13). The van der Waals surface area contributed by atoms with Gasteiger partial charge >= 0.3 is 0 Å². The van der Waals surface area contributed by atoms with Crippen LogP contribution in [0.15, 0.2) is 17.4 Å². The van der Waals surface area contributed by atoms with Crippen molar-refractivity contribution in [3.8, 4) is 0 Å². The van der Waals surface area contributed by atoms with Crippen molar-refractivity contribution < 1.29 is 4.79 Å². The highest BCUT2D eigenvalue weighted by molar-refractivity contribution is 7.98. The number of hydrogen-bond acceptors (Lipinski definition) is 5. The number of thioether (sulfide) groups is 1. The van der Waals surface area contributed by atoms with E-state index >= 15 is 0 Å². The highest BCUT2D eigenvalue weighted by atomic mass is 32.2. The second-order valence-electron chi connectivity index (χ2n) is 3.63. The van der Waals surface area contributed by atoms with Gasteiger partial charge in [-0.1, -0.05) is 0 Å². The van der Waals surface area contributed by atoms with Crippen LogP contribution in [-0.4, -0.2) is 34.7 Å². The molecule has 2 N–H and O–H groups in total. The van der Waals surface area contributed by atoms with Crippen LogP contribution in [0, 0.1) is 0 Å². The van der Waals surface area contributed by atoms with E-state index in [9.17, 15) is 4.79 Å². The summed E-state index contributed by atoms with van der Waals surface area (Å²) in [6.45, 7) is 0.719. The van der Waals surface area contributed by atoms with Gasteiger partial charge in [0, 0.05) is 25.1 Å². The summed E-state index contributed by atoms with van der Waals surface area (Å²) in [4.78, 5) is 19.2. The Morgan fingerprint density at radius 3 is 3.19 bits per heavy atom. The quantitative estimate of drug-likeness (QED) is 0.602. The molecule has 86 valence electrons. The van der Waals surface area contributed by atoms with Crippen molar-refractivity contribution >= 4 is 23.5 Å². The second-order valence-corrected chi connectivity index (χ2v) is 4.46. The average Bonchev–Trinajstić information content (AvgIpc) is 2.73. The zero-order chi connectivity index (χ0) is 11.4. The molecule has 2 heterocycles. The minimum absolute atomic E-state index is 0.138. The first kappa shape index (κ1) is 11.2. The lowest BCUT2D eigenvalue weighted by Gasteiger charge is -2.11. The number of rotatable bonds is 4. The molecule has 2 rings (SSSR count). The Labute approximate surface area is 98.4 Å². The SMILES string of the molecule is CSc1cc(NCC2CCC(=O)N2)ncn1. The molecule has 0 aliphatic carbocycles. The molecule has 0 saturated carbocycles. The van der Waals surface area contributed by atoms with Crippen molar-refractivity contribution in [3.63, 3.8) is 0 Å². The highest BCUT2D eigenvalue weighted by Gasteiger charge is 2.20. The molecule has 6 heteroatoms. The Morgan fingerprint density at radius 2 is 2.50 bits per heavy atom. The molecule has 0 radical (unpaired) electrons. The van der Waals surface area contributed by atoms with E-state index in [4.69, 9.17) is 0 Å². The largest absolute Gasteiger partial charge is 0.368 e. The van der Waals surface area contributed by atoms with Crippen LogP contribution in [0.4, 0.5) is 5.82 Å². The number of hydrogen-bond donors (Lipinski definition) is 2. The Kier molecular flexibility index (Phi) is 3.61. The minimum Gasteiger partial charge on any atom is -0.368 e. The van der Waals surface area contributed by atoms with Crippen LogP contribution in [0.1, 0.15) is 12.8 Å². The van der Waals surface area contributed by atoms with Gasteiger partial charge in [-0.2, -0.15) is 0 Å². The number of carbonyl (C=O) groups excluding carboxylic acids is 1. The first-order valence-corrected chi connectivity index (χ1v) is 6.39. The summed E-state index contributed by atoms with van der Waals surface area (Å²) < 4.78 is 0. The summed E-state index contributed by atoms with van der Waals surface area (Å²) in [6, 6.07) is 2.13. The zero-order valence-electron chi connectivity index (χ0n) is 9.06. The fraction of sp³-hybridized carbons (Fsp3) is 0.500. The fourth-order valence-corrected chi connectivity index (χ4v) is 1.99. The molecule has 1 fully saturated rings. The minimum atomic E-state index is 0.138. The molecule has 1 aromatic heterocycles. The van der Waals surface area contributed by atoms with Crippen LogP contribution in [0.5, 0.6) is 0 Å². The van der Waals surface area contributed by atoms with Gasteiger partial charge in [0.1, 0.15) is 17.2 Å². The van der Waals surface area contributed by atoms with E-state index in [0.29, 0.717) is 6.42 Å². The van der Waals surface area contributed by atoms with Crippen molar-refractivity contribution in [2.24, 2.45) is 0 Å². The van der Waals surface area contributed by atoms with Crippen molar-refractivity contribution in [1.82, 2.24) is 15.3 Å². The first-order valence-electron chi connectivity index (χ1n) is 5.17. The molecule has 5 nitrogen and oxygen atoms in total. The summed E-state index contributed by atoms with van der Waals surface area (Å²) in [6.07, 6.45) is 5.04. The Morgan fingerprint density at radius 1 is 1.62 bits per heavy atom. The lowest BCUT2D eigenvalue weighted by Crippen LogP contribution is -2.31. The summed E-state index contributed by atoms with van der Waals surface area (Å²) in [5.41, 5.74) is 0. The summed E-state index contributed by atoms with van der Waals surface area (Å²) in [5.74, 6) is 0.944. The van der Waals surface area contributed by atoms with Crippen molar-refractivity contribution in [2.75, 3.05) is 18.1 Å². The van der Waals surface area contributed by atoms with Crippen LogP contribution < -0.4 is 10.6 Å². The number of amides is 1. The van der Waals surface area contributed by atoms with Gasteiger partial charge in [0.05, 0.1) is 0 Å². The van der Waals surface area contributed by atoms with Crippen LogP contribution in [0.25, 0.3) is 0 Å². The van der Waals surface area contributed by atoms with Crippen LogP contribution >= 0.6 is 11.8 Å². The predicted octanol–water partition coefficient (Wildman–Crippen LogP) is 0.889. The van der Waals surface area contributed by atoms with Crippen LogP contribution in [0.3, 0.4) is 0 Å². The van der Waals surface area contributed by atoms with Gasteiger partial charge in [-0.3, -0.25) is 4.79 Å². The maximum atomic E-state index is 11.0. The van der Waals surface area contributed by atoms with Gasteiger partial charge in [0.15, 0.2) is 0 Å². The molecule has 1 aliphatic heterocycles. The van der Waals surface area contributed by atoms with Crippen molar-refractivity contribution in [3.05, 3.63) is 12.4 Å².